The van der Waals surface area contributed by atoms with E-state index in [1.54, 1.807) is 0 Å². The van der Waals surface area contributed by atoms with Gasteiger partial charge in [0, 0.05) is 18.7 Å². The molecular formula is C19H20N4O2. The summed E-state index contributed by atoms with van der Waals surface area (Å²) in [5.74, 6) is 0.0721. The van der Waals surface area contributed by atoms with E-state index in [1.807, 2.05) is 49.9 Å². The SMILES string of the molecule is CCN(CC)c1nc(N)c2c(c1C#N)C(c1ccc(C)cc1)OC2=O. The Morgan fingerprint density at radius 2 is 1.92 bits per heavy atom. The first-order valence-corrected chi connectivity index (χ1v) is 8.27. The highest BCUT2D eigenvalue weighted by Gasteiger charge is 2.39. The highest BCUT2D eigenvalue weighted by molar-refractivity contribution is 6.00. The number of nitrogens with two attached hydrogens (primary N) is 1. The number of esters is 1. The summed E-state index contributed by atoms with van der Waals surface area (Å²) in [6.45, 7) is 7.31. The van der Waals surface area contributed by atoms with E-state index >= 15 is 0 Å². The van der Waals surface area contributed by atoms with Crippen molar-refractivity contribution in [2.24, 2.45) is 0 Å². The maximum absolute atomic E-state index is 12.4. The molecule has 0 radical (unpaired) electrons. The Hall–Kier alpha value is -3.07. The van der Waals surface area contributed by atoms with Gasteiger partial charge in [0.1, 0.15) is 28.8 Å². The smallest absolute Gasteiger partial charge is 0.343 e. The van der Waals surface area contributed by atoms with Gasteiger partial charge in [-0.05, 0) is 26.3 Å². The average Bonchev–Trinajstić information content (AvgIpc) is 2.95. The zero-order valence-corrected chi connectivity index (χ0v) is 14.5. The average molecular weight is 336 g/mol. The van der Waals surface area contributed by atoms with Crippen LogP contribution in [-0.4, -0.2) is 24.0 Å². The number of ether oxygens (including phenoxy) is 1. The molecule has 25 heavy (non-hydrogen) atoms. The van der Waals surface area contributed by atoms with Gasteiger partial charge in [0.25, 0.3) is 0 Å². The summed E-state index contributed by atoms with van der Waals surface area (Å²) in [6, 6.07) is 9.91. The number of nitrogen functional groups attached to an aromatic ring is 1. The number of benzene rings is 1. The minimum absolute atomic E-state index is 0.107. The molecule has 128 valence electrons. The zero-order chi connectivity index (χ0) is 18.1. The minimum Gasteiger partial charge on any atom is -0.449 e. The molecule has 6 heteroatoms. The molecule has 2 aromatic rings. The maximum atomic E-state index is 12.4. The second-order valence-electron chi connectivity index (χ2n) is 5.96. The Kier molecular flexibility index (Phi) is 4.32. The van der Waals surface area contributed by atoms with Gasteiger partial charge in [-0.15, -0.1) is 0 Å². The molecule has 0 saturated carbocycles. The Balaban J connectivity index is 2.25. The highest BCUT2D eigenvalue weighted by Crippen LogP contribution is 2.42. The number of aromatic nitrogens is 1. The number of nitriles is 1. The molecule has 6 nitrogen and oxygen atoms in total. The fourth-order valence-corrected chi connectivity index (χ4v) is 3.15. The lowest BCUT2D eigenvalue weighted by Crippen LogP contribution is -2.25. The van der Waals surface area contributed by atoms with Gasteiger partial charge in [0.05, 0.1) is 0 Å². The van der Waals surface area contributed by atoms with Crippen molar-refractivity contribution in [3.05, 3.63) is 52.1 Å². The summed E-state index contributed by atoms with van der Waals surface area (Å²) >= 11 is 0. The second kappa shape index (κ2) is 6.44. The number of hydrogen-bond donors (Lipinski definition) is 1. The Bertz CT molecular complexity index is 864. The van der Waals surface area contributed by atoms with Gasteiger partial charge in [0.15, 0.2) is 6.10 Å². The van der Waals surface area contributed by atoms with Gasteiger partial charge in [-0.25, -0.2) is 9.78 Å². The monoisotopic (exact) mass is 336 g/mol. The van der Waals surface area contributed by atoms with Crippen LogP contribution in [-0.2, 0) is 4.74 Å². The molecule has 1 aliphatic heterocycles. The topological polar surface area (TPSA) is 92.2 Å². The summed E-state index contributed by atoms with van der Waals surface area (Å²) in [5.41, 5.74) is 9.04. The molecule has 0 saturated heterocycles. The number of nitrogens with zero attached hydrogens (tertiary/aromatic N) is 3. The van der Waals surface area contributed by atoms with Crippen molar-refractivity contribution in [1.29, 1.82) is 5.26 Å². The van der Waals surface area contributed by atoms with Crippen LogP contribution in [0.4, 0.5) is 11.6 Å². The van der Waals surface area contributed by atoms with Gasteiger partial charge in [-0.1, -0.05) is 29.8 Å². The van der Waals surface area contributed by atoms with E-state index in [9.17, 15) is 10.1 Å². The number of cyclic esters (lactones) is 1. The molecular weight excluding hydrogens is 316 g/mol. The van der Waals surface area contributed by atoms with Crippen LogP contribution in [0.15, 0.2) is 24.3 Å². The first-order chi connectivity index (χ1) is 12.0. The van der Waals surface area contributed by atoms with Crippen molar-refractivity contribution in [2.75, 3.05) is 23.7 Å². The van der Waals surface area contributed by atoms with Crippen LogP contribution in [0.25, 0.3) is 0 Å². The van der Waals surface area contributed by atoms with Gasteiger partial charge in [-0.2, -0.15) is 5.26 Å². The predicted octanol–water partition coefficient (Wildman–Crippen LogP) is 2.95. The molecule has 0 spiro atoms. The molecule has 1 atom stereocenters. The quantitative estimate of drug-likeness (QED) is 0.863. The molecule has 2 N–H and O–H groups in total. The zero-order valence-electron chi connectivity index (χ0n) is 14.5. The van der Waals surface area contributed by atoms with Crippen molar-refractivity contribution in [3.63, 3.8) is 0 Å². The lowest BCUT2D eigenvalue weighted by Gasteiger charge is -2.23. The molecule has 1 unspecified atom stereocenters. The number of rotatable bonds is 4. The van der Waals surface area contributed by atoms with Gasteiger partial charge >= 0.3 is 5.97 Å². The molecule has 0 fully saturated rings. The number of anilines is 2. The van der Waals surface area contributed by atoms with Crippen LogP contribution < -0.4 is 10.6 Å². The Labute approximate surface area is 146 Å². The number of carbonyl (C=O) groups excluding carboxylic acids is 1. The highest BCUT2D eigenvalue weighted by atomic mass is 16.5. The third-order valence-corrected chi connectivity index (χ3v) is 4.49. The summed E-state index contributed by atoms with van der Waals surface area (Å²) in [7, 11) is 0. The van der Waals surface area contributed by atoms with E-state index in [1.165, 1.54) is 0 Å². The number of hydrogen-bond acceptors (Lipinski definition) is 6. The van der Waals surface area contributed by atoms with Gasteiger partial charge < -0.3 is 15.4 Å². The van der Waals surface area contributed by atoms with Crippen LogP contribution >= 0.6 is 0 Å². The standard InChI is InChI=1S/C19H20N4O2/c1-4-23(5-2)18-13(10-20)14-15(17(21)22-18)19(24)25-16(14)12-8-6-11(3)7-9-12/h6-9,16H,4-5H2,1-3H3,(H2,21,22). The summed E-state index contributed by atoms with van der Waals surface area (Å²) in [6.07, 6.45) is -0.641. The molecule has 3 rings (SSSR count). The van der Waals surface area contributed by atoms with Crippen molar-refractivity contribution in [1.82, 2.24) is 4.98 Å². The largest absolute Gasteiger partial charge is 0.449 e. The van der Waals surface area contributed by atoms with Crippen molar-refractivity contribution in [2.45, 2.75) is 26.9 Å². The molecule has 1 aromatic carbocycles. The number of aryl methyl sites for hydroxylation is 1. The fraction of sp³-hybridized carbons (Fsp3) is 0.316. The Morgan fingerprint density at radius 1 is 1.28 bits per heavy atom. The van der Waals surface area contributed by atoms with E-state index in [2.05, 4.69) is 11.1 Å². The van der Waals surface area contributed by atoms with Crippen LogP contribution in [0.1, 0.15) is 52.6 Å². The van der Waals surface area contributed by atoms with Crippen LogP contribution in [0, 0.1) is 18.3 Å². The Morgan fingerprint density at radius 3 is 2.48 bits per heavy atom. The number of carbonyl (C=O) groups is 1. The number of fused-ring (bicyclic) bond motifs is 1. The first kappa shape index (κ1) is 16.8. The van der Waals surface area contributed by atoms with Crippen LogP contribution in [0.2, 0.25) is 0 Å². The molecule has 1 aromatic heterocycles. The van der Waals surface area contributed by atoms with Crippen molar-refractivity contribution < 1.29 is 9.53 Å². The third kappa shape index (κ3) is 2.68. The van der Waals surface area contributed by atoms with E-state index in [4.69, 9.17) is 10.5 Å². The van der Waals surface area contributed by atoms with Crippen LogP contribution in [0.3, 0.4) is 0 Å². The van der Waals surface area contributed by atoms with E-state index in [0.29, 0.717) is 30.0 Å². The van der Waals surface area contributed by atoms with E-state index < -0.39 is 12.1 Å². The molecule has 0 amide bonds. The number of pyridine rings is 1. The van der Waals surface area contributed by atoms with E-state index in [0.717, 1.165) is 11.1 Å². The predicted molar refractivity (Wildman–Crippen MR) is 95.4 cm³/mol. The third-order valence-electron chi connectivity index (χ3n) is 4.49. The maximum Gasteiger partial charge on any atom is 0.343 e. The van der Waals surface area contributed by atoms with Gasteiger partial charge in [-0.3, -0.25) is 0 Å². The molecule has 2 heterocycles. The fourth-order valence-electron chi connectivity index (χ4n) is 3.15. The van der Waals surface area contributed by atoms with E-state index in [-0.39, 0.29) is 11.4 Å². The lowest BCUT2D eigenvalue weighted by atomic mass is 9.94. The molecule has 0 aliphatic carbocycles. The minimum atomic E-state index is -0.641. The summed E-state index contributed by atoms with van der Waals surface area (Å²) in [5, 5.41) is 9.78. The molecule has 1 aliphatic rings. The van der Waals surface area contributed by atoms with Crippen LogP contribution in [0.5, 0.6) is 0 Å². The first-order valence-electron chi connectivity index (χ1n) is 8.27. The molecule has 0 bridgehead atoms. The lowest BCUT2D eigenvalue weighted by molar-refractivity contribution is 0.0456. The van der Waals surface area contributed by atoms with Crippen molar-refractivity contribution in [3.8, 4) is 6.07 Å². The summed E-state index contributed by atoms with van der Waals surface area (Å²) < 4.78 is 5.55. The normalized spacial score (nSPS) is 15.4. The second-order valence-corrected chi connectivity index (χ2v) is 5.96. The van der Waals surface area contributed by atoms with Gasteiger partial charge in [0.2, 0.25) is 0 Å². The summed E-state index contributed by atoms with van der Waals surface area (Å²) in [4.78, 5) is 18.6. The van der Waals surface area contributed by atoms with Crippen molar-refractivity contribution >= 4 is 17.6 Å².